The molecule has 160 valence electrons. The minimum absolute atomic E-state index is 0.328. The highest BCUT2D eigenvalue weighted by Crippen LogP contribution is 2.26. The number of hydrogen-bond donors (Lipinski definition) is 3. The number of carbonyl (C=O) groups excluding carboxylic acids is 1. The predicted octanol–water partition coefficient (Wildman–Crippen LogP) is 3.61. The first-order valence-corrected chi connectivity index (χ1v) is 9.39. The highest BCUT2D eigenvalue weighted by Gasteiger charge is 2.27. The van der Waals surface area contributed by atoms with Crippen molar-refractivity contribution in [2.24, 2.45) is 0 Å². The molecule has 4 rings (SSSR count). The summed E-state index contributed by atoms with van der Waals surface area (Å²) in [5.74, 6) is -0.899. The number of hydrogen-bond acceptors (Lipinski definition) is 4. The number of alkyl halides is 3. The molecular formula is C21H18F3N5O2. The number of carbonyl (C=O) groups is 1. The van der Waals surface area contributed by atoms with Gasteiger partial charge in [0.05, 0.1) is 22.3 Å². The smallest absolute Gasteiger partial charge is 0.355 e. The Morgan fingerprint density at radius 3 is 2.77 bits per heavy atom. The average Bonchev–Trinajstić information content (AvgIpc) is 3.08. The van der Waals surface area contributed by atoms with Crippen LogP contribution in [-0.2, 0) is 11.3 Å². The third kappa shape index (κ3) is 4.37. The molecule has 0 aliphatic carbocycles. The standard InChI is InChI=1S/C21H18F3N5O2/c1-12-15-6-5-14(9-17(15)28-27-12)26-16-4-2-3-13-7-8-29(20(31)19(13)16)10-18(30)25-11-21(22,23)24/h2-9,26H,10-11H2,1H3,(H,25,30)(H,27,28). The van der Waals surface area contributed by atoms with Crippen LogP contribution in [0.25, 0.3) is 21.7 Å². The van der Waals surface area contributed by atoms with Crippen molar-refractivity contribution in [3.8, 4) is 0 Å². The zero-order chi connectivity index (χ0) is 22.2. The summed E-state index contributed by atoms with van der Waals surface area (Å²) >= 11 is 0. The molecule has 31 heavy (non-hydrogen) atoms. The lowest BCUT2D eigenvalue weighted by Gasteiger charge is -2.13. The average molecular weight is 429 g/mol. The Morgan fingerprint density at radius 2 is 2.00 bits per heavy atom. The Bertz CT molecular complexity index is 1340. The molecule has 0 fully saturated rings. The summed E-state index contributed by atoms with van der Waals surface area (Å²) in [4.78, 5) is 24.9. The van der Waals surface area contributed by atoms with Gasteiger partial charge in [0, 0.05) is 17.3 Å². The van der Waals surface area contributed by atoms with Crippen molar-refractivity contribution < 1.29 is 18.0 Å². The molecule has 0 unspecified atom stereocenters. The minimum Gasteiger partial charge on any atom is -0.355 e. The summed E-state index contributed by atoms with van der Waals surface area (Å²) in [5, 5.41) is 14.0. The van der Waals surface area contributed by atoms with Crippen molar-refractivity contribution in [3.63, 3.8) is 0 Å². The maximum atomic E-state index is 13.0. The molecule has 0 spiro atoms. The summed E-state index contributed by atoms with van der Waals surface area (Å²) in [7, 11) is 0. The molecule has 0 radical (unpaired) electrons. The molecule has 3 N–H and O–H groups in total. The summed E-state index contributed by atoms with van der Waals surface area (Å²) in [5.41, 5.74) is 2.46. The molecule has 1 amide bonds. The summed E-state index contributed by atoms with van der Waals surface area (Å²) in [6.07, 6.45) is -3.13. The maximum absolute atomic E-state index is 13.0. The highest BCUT2D eigenvalue weighted by molar-refractivity contribution is 5.95. The fourth-order valence-electron chi connectivity index (χ4n) is 3.36. The zero-order valence-corrected chi connectivity index (χ0v) is 16.4. The molecule has 2 aromatic heterocycles. The van der Waals surface area contributed by atoms with Crippen LogP contribution in [0.15, 0.2) is 53.5 Å². The molecule has 10 heteroatoms. The number of benzene rings is 2. The third-order valence-corrected chi connectivity index (χ3v) is 4.84. The molecule has 0 aliphatic heterocycles. The van der Waals surface area contributed by atoms with Gasteiger partial charge in [-0.2, -0.15) is 18.3 Å². The molecule has 0 saturated heterocycles. The van der Waals surface area contributed by atoms with E-state index >= 15 is 0 Å². The van der Waals surface area contributed by atoms with E-state index in [1.54, 1.807) is 29.6 Å². The van der Waals surface area contributed by atoms with E-state index < -0.39 is 30.7 Å². The molecule has 7 nitrogen and oxygen atoms in total. The van der Waals surface area contributed by atoms with Gasteiger partial charge in [-0.25, -0.2) is 0 Å². The number of aromatic amines is 1. The van der Waals surface area contributed by atoms with Crippen LogP contribution in [0.3, 0.4) is 0 Å². The maximum Gasteiger partial charge on any atom is 0.405 e. The number of amides is 1. The summed E-state index contributed by atoms with van der Waals surface area (Å²) in [6, 6.07) is 12.5. The van der Waals surface area contributed by atoms with Crippen molar-refractivity contribution in [2.45, 2.75) is 19.6 Å². The van der Waals surface area contributed by atoms with Gasteiger partial charge >= 0.3 is 6.18 Å². The zero-order valence-electron chi connectivity index (χ0n) is 16.4. The summed E-state index contributed by atoms with van der Waals surface area (Å²) < 4.78 is 38.0. The normalized spacial score (nSPS) is 11.7. The van der Waals surface area contributed by atoms with E-state index in [1.807, 2.05) is 25.1 Å². The monoisotopic (exact) mass is 429 g/mol. The van der Waals surface area contributed by atoms with Crippen LogP contribution in [-0.4, -0.2) is 33.4 Å². The highest BCUT2D eigenvalue weighted by atomic mass is 19.4. The van der Waals surface area contributed by atoms with E-state index in [2.05, 4.69) is 15.5 Å². The second kappa shape index (κ2) is 7.78. The van der Waals surface area contributed by atoms with Crippen LogP contribution in [0.2, 0.25) is 0 Å². The first-order valence-electron chi connectivity index (χ1n) is 9.39. The number of anilines is 2. The Hall–Kier alpha value is -3.82. The predicted molar refractivity (Wildman–Crippen MR) is 111 cm³/mol. The lowest BCUT2D eigenvalue weighted by Crippen LogP contribution is -2.37. The third-order valence-electron chi connectivity index (χ3n) is 4.84. The lowest BCUT2D eigenvalue weighted by molar-refractivity contribution is -0.138. The molecule has 2 heterocycles. The van der Waals surface area contributed by atoms with Crippen molar-refractivity contribution in [2.75, 3.05) is 11.9 Å². The number of aromatic nitrogens is 3. The van der Waals surface area contributed by atoms with E-state index in [9.17, 15) is 22.8 Å². The number of rotatable bonds is 5. The van der Waals surface area contributed by atoms with Crippen LogP contribution < -0.4 is 16.2 Å². The van der Waals surface area contributed by atoms with Gasteiger partial charge in [-0.05, 0) is 42.6 Å². The van der Waals surface area contributed by atoms with Crippen molar-refractivity contribution in [1.29, 1.82) is 0 Å². The van der Waals surface area contributed by atoms with Gasteiger partial charge < -0.3 is 15.2 Å². The van der Waals surface area contributed by atoms with E-state index in [0.29, 0.717) is 16.5 Å². The molecule has 0 aliphatic rings. The molecule has 0 atom stereocenters. The number of fused-ring (bicyclic) bond motifs is 2. The number of nitrogens with zero attached hydrogens (tertiary/aromatic N) is 2. The largest absolute Gasteiger partial charge is 0.405 e. The fraction of sp³-hybridized carbons (Fsp3) is 0.190. The Labute approximate surface area is 173 Å². The number of halogens is 3. The number of aryl methyl sites for hydroxylation is 1. The number of nitrogens with one attached hydrogen (secondary N) is 3. The summed E-state index contributed by atoms with van der Waals surface area (Å²) in [6.45, 7) is -0.0704. The van der Waals surface area contributed by atoms with Gasteiger partial charge in [0.1, 0.15) is 13.1 Å². The Morgan fingerprint density at radius 1 is 1.19 bits per heavy atom. The molecule has 0 bridgehead atoms. The lowest BCUT2D eigenvalue weighted by atomic mass is 10.1. The van der Waals surface area contributed by atoms with Crippen LogP contribution in [0.5, 0.6) is 0 Å². The van der Waals surface area contributed by atoms with Crippen LogP contribution in [0.4, 0.5) is 24.5 Å². The fourth-order valence-corrected chi connectivity index (χ4v) is 3.36. The SMILES string of the molecule is Cc1n[nH]c2cc(Nc3cccc4ccn(CC(=O)NCC(F)(F)F)c(=O)c34)ccc12. The van der Waals surface area contributed by atoms with Crippen molar-refractivity contribution >= 4 is 39.0 Å². The first kappa shape index (κ1) is 20.5. The second-order valence-electron chi connectivity index (χ2n) is 7.10. The van der Waals surface area contributed by atoms with Crippen molar-refractivity contribution in [3.05, 3.63) is 64.7 Å². The molecule has 4 aromatic rings. The van der Waals surface area contributed by atoms with Crippen LogP contribution in [0.1, 0.15) is 5.69 Å². The van der Waals surface area contributed by atoms with Crippen molar-refractivity contribution in [1.82, 2.24) is 20.1 Å². The van der Waals surface area contributed by atoms with Gasteiger partial charge in [-0.1, -0.05) is 12.1 Å². The number of H-pyrrole nitrogens is 1. The van der Waals surface area contributed by atoms with Gasteiger partial charge in [0.25, 0.3) is 5.56 Å². The second-order valence-corrected chi connectivity index (χ2v) is 7.10. The van der Waals surface area contributed by atoms with Gasteiger partial charge in [0.15, 0.2) is 0 Å². The first-order chi connectivity index (χ1) is 14.7. The Balaban J connectivity index is 1.65. The van der Waals surface area contributed by atoms with Gasteiger partial charge in [0.2, 0.25) is 5.91 Å². The van der Waals surface area contributed by atoms with Gasteiger partial charge in [-0.15, -0.1) is 0 Å². The minimum atomic E-state index is -4.52. The molecule has 0 saturated carbocycles. The van der Waals surface area contributed by atoms with Crippen LogP contribution in [0, 0.1) is 6.92 Å². The van der Waals surface area contributed by atoms with Gasteiger partial charge in [-0.3, -0.25) is 14.7 Å². The molecular weight excluding hydrogens is 411 g/mol. The van der Waals surface area contributed by atoms with Crippen LogP contribution >= 0.6 is 0 Å². The Kier molecular flexibility index (Phi) is 5.14. The molecule has 2 aromatic carbocycles. The van der Waals surface area contributed by atoms with E-state index in [4.69, 9.17) is 0 Å². The van der Waals surface area contributed by atoms with E-state index in [-0.39, 0.29) is 0 Å². The van der Waals surface area contributed by atoms with E-state index in [1.165, 1.54) is 6.20 Å². The quantitative estimate of drug-likeness (QED) is 0.452. The van der Waals surface area contributed by atoms with E-state index in [0.717, 1.165) is 26.9 Å². The topological polar surface area (TPSA) is 91.8 Å². The number of pyridine rings is 1.